The molecule has 0 unspecified atom stereocenters. The Hall–Kier alpha value is -2.44. The molecule has 168 valence electrons. The smallest absolute Gasteiger partial charge is 0.410 e. The number of piperazine rings is 1. The molecule has 30 heavy (non-hydrogen) atoms. The number of nitro benzene ring substituents is 1. The molecule has 1 aliphatic heterocycles. The van der Waals surface area contributed by atoms with E-state index < -0.39 is 21.1 Å². The highest BCUT2D eigenvalue weighted by atomic mass is 32.2. The van der Waals surface area contributed by atoms with E-state index in [-0.39, 0.29) is 24.5 Å². The Kier molecular flexibility index (Phi) is 8.81. The number of ether oxygens (including phenoxy) is 1. The number of hydroxylamine groups is 1. The van der Waals surface area contributed by atoms with Gasteiger partial charge in [0.05, 0.1) is 11.2 Å². The van der Waals surface area contributed by atoms with E-state index in [9.17, 15) is 23.3 Å². The summed E-state index contributed by atoms with van der Waals surface area (Å²) < 4.78 is 33.7. The fraction of sp³-hybridized carbons (Fsp3) is 0.611. The lowest BCUT2D eigenvalue weighted by Crippen LogP contribution is -2.46. The van der Waals surface area contributed by atoms with Crippen molar-refractivity contribution in [1.82, 2.24) is 10.2 Å². The second kappa shape index (κ2) is 11.1. The zero-order valence-electron chi connectivity index (χ0n) is 17.2. The number of hydrogen-bond acceptors (Lipinski definition) is 9. The van der Waals surface area contributed by atoms with Crippen LogP contribution in [0.3, 0.4) is 0 Å². The summed E-state index contributed by atoms with van der Waals surface area (Å²) in [4.78, 5) is 24.6. The third-order valence-electron chi connectivity index (χ3n) is 4.43. The number of anilines is 1. The van der Waals surface area contributed by atoms with Gasteiger partial charge in [0.25, 0.3) is 15.8 Å². The zero-order chi connectivity index (χ0) is 22.1. The van der Waals surface area contributed by atoms with Gasteiger partial charge in [-0.1, -0.05) is 19.8 Å². The molecule has 1 amide bonds. The predicted octanol–water partition coefficient (Wildman–Crippen LogP) is 2.02. The summed E-state index contributed by atoms with van der Waals surface area (Å²) in [6.07, 6.45) is 2.69. The summed E-state index contributed by atoms with van der Waals surface area (Å²) in [6.45, 7) is 4.49. The van der Waals surface area contributed by atoms with Crippen LogP contribution in [-0.4, -0.2) is 63.3 Å². The minimum atomic E-state index is -3.90. The highest BCUT2D eigenvalue weighted by Gasteiger charge is 2.24. The Balaban J connectivity index is 2.21. The first-order valence-electron chi connectivity index (χ1n) is 9.78. The Morgan fingerprint density at radius 1 is 1.30 bits per heavy atom. The number of hydrogen-bond donors (Lipinski definition) is 1. The lowest BCUT2D eigenvalue weighted by Gasteiger charge is -2.26. The number of carbonyl (C=O) groups is 1. The third-order valence-corrected chi connectivity index (χ3v) is 4.88. The van der Waals surface area contributed by atoms with E-state index in [1.807, 2.05) is 6.92 Å². The van der Waals surface area contributed by atoms with E-state index in [0.29, 0.717) is 38.2 Å². The van der Waals surface area contributed by atoms with Crippen LogP contribution in [0.1, 0.15) is 31.7 Å². The Morgan fingerprint density at radius 3 is 2.60 bits per heavy atom. The number of nitro groups is 1. The molecule has 0 atom stereocenters. The van der Waals surface area contributed by atoms with Gasteiger partial charge in [-0.2, -0.15) is 8.42 Å². The van der Waals surface area contributed by atoms with E-state index in [1.54, 1.807) is 4.90 Å². The van der Waals surface area contributed by atoms with Gasteiger partial charge in [0.15, 0.2) is 0 Å². The van der Waals surface area contributed by atoms with Crippen LogP contribution in [-0.2, 0) is 25.7 Å². The third kappa shape index (κ3) is 7.43. The number of rotatable bonds is 10. The van der Waals surface area contributed by atoms with Crippen LogP contribution >= 0.6 is 0 Å². The van der Waals surface area contributed by atoms with Crippen molar-refractivity contribution in [2.45, 2.75) is 32.8 Å². The van der Waals surface area contributed by atoms with Crippen LogP contribution in [0, 0.1) is 10.1 Å². The molecule has 1 aromatic rings. The standard InChI is InChI=1S/C18H28N4O7S/c1-3-4-5-10-21(29-30(2,26)27)17-13-15(6-7-16(17)22(24)25)14-28-18(23)20-11-8-19-9-12-20/h6-7,13,19H,3-5,8-12,14H2,1-2H3. The molecule has 0 aliphatic carbocycles. The van der Waals surface area contributed by atoms with Gasteiger partial charge in [0.2, 0.25) is 0 Å². The van der Waals surface area contributed by atoms with Crippen molar-refractivity contribution in [3.05, 3.63) is 33.9 Å². The lowest BCUT2D eigenvalue weighted by atomic mass is 10.1. The van der Waals surface area contributed by atoms with E-state index in [4.69, 9.17) is 9.02 Å². The van der Waals surface area contributed by atoms with E-state index in [0.717, 1.165) is 24.2 Å². The fourth-order valence-electron chi connectivity index (χ4n) is 2.96. The van der Waals surface area contributed by atoms with Crippen molar-refractivity contribution in [3.63, 3.8) is 0 Å². The Labute approximate surface area is 176 Å². The van der Waals surface area contributed by atoms with Crippen molar-refractivity contribution < 1.29 is 27.2 Å². The van der Waals surface area contributed by atoms with E-state index >= 15 is 0 Å². The summed E-state index contributed by atoms with van der Waals surface area (Å²) in [6, 6.07) is 4.14. The Morgan fingerprint density at radius 2 is 2.00 bits per heavy atom. The fourth-order valence-corrected chi connectivity index (χ4v) is 3.45. The number of benzene rings is 1. The van der Waals surface area contributed by atoms with Crippen LogP contribution < -0.4 is 10.4 Å². The number of nitrogens with zero attached hydrogens (tertiary/aromatic N) is 3. The zero-order valence-corrected chi connectivity index (χ0v) is 18.0. The van der Waals surface area contributed by atoms with Gasteiger partial charge in [0.1, 0.15) is 12.3 Å². The van der Waals surface area contributed by atoms with Crippen molar-refractivity contribution in [1.29, 1.82) is 0 Å². The van der Waals surface area contributed by atoms with Crippen molar-refractivity contribution >= 4 is 27.6 Å². The molecular formula is C18H28N4O7S. The average molecular weight is 445 g/mol. The maximum absolute atomic E-state index is 12.2. The predicted molar refractivity (Wildman–Crippen MR) is 111 cm³/mol. The molecule has 0 radical (unpaired) electrons. The number of amides is 1. The molecule has 0 saturated carbocycles. The first-order valence-corrected chi connectivity index (χ1v) is 11.6. The van der Waals surface area contributed by atoms with Gasteiger partial charge in [-0.05, 0) is 24.1 Å². The SMILES string of the molecule is CCCCCN(OS(C)(=O)=O)c1cc(COC(=O)N2CCNCC2)ccc1[N+](=O)[O-]. The average Bonchev–Trinajstić information content (AvgIpc) is 2.71. The van der Waals surface area contributed by atoms with Gasteiger partial charge >= 0.3 is 6.09 Å². The van der Waals surface area contributed by atoms with Gasteiger partial charge in [-0.15, -0.1) is 4.28 Å². The second-order valence-electron chi connectivity index (χ2n) is 6.96. The number of carbonyl (C=O) groups excluding carboxylic acids is 1. The van der Waals surface area contributed by atoms with Crippen LogP contribution in [0.25, 0.3) is 0 Å². The largest absolute Gasteiger partial charge is 0.445 e. The number of unbranched alkanes of at least 4 members (excludes halogenated alkanes) is 2. The quantitative estimate of drug-likeness (QED) is 0.327. The number of nitrogens with one attached hydrogen (secondary N) is 1. The lowest BCUT2D eigenvalue weighted by molar-refractivity contribution is -0.384. The molecule has 1 N–H and O–H groups in total. The van der Waals surface area contributed by atoms with Crippen molar-refractivity contribution in [2.24, 2.45) is 0 Å². The highest BCUT2D eigenvalue weighted by molar-refractivity contribution is 7.86. The van der Waals surface area contributed by atoms with Crippen LogP contribution in [0.5, 0.6) is 0 Å². The van der Waals surface area contributed by atoms with Crippen LogP contribution in [0.4, 0.5) is 16.2 Å². The molecule has 11 nitrogen and oxygen atoms in total. The van der Waals surface area contributed by atoms with E-state index in [2.05, 4.69) is 5.32 Å². The summed E-state index contributed by atoms with van der Waals surface area (Å²) in [5.74, 6) is 0. The molecule has 2 rings (SSSR count). The molecule has 1 saturated heterocycles. The minimum Gasteiger partial charge on any atom is -0.445 e. The second-order valence-corrected chi connectivity index (χ2v) is 8.52. The van der Waals surface area contributed by atoms with Crippen LogP contribution in [0.15, 0.2) is 18.2 Å². The maximum atomic E-state index is 12.2. The summed E-state index contributed by atoms with van der Waals surface area (Å²) in [5.41, 5.74) is 0.182. The van der Waals surface area contributed by atoms with Crippen molar-refractivity contribution in [2.75, 3.05) is 44.0 Å². The van der Waals surface area contributed by atoms with E-state index in [1.165, 1.54) is 18.2 Å². The Bertz CT molecular complexity index is 841. The molecule has 1 aliphatic rings. The molecule has 1 aromatic carbocycles. The molecule has 0 bridgehead atoms. The molecule has 0 aromatic heterocycles. The van der Waals surface area contributed by atoms with Gasteiger partial charge in [-0.3, -0.25) is 10.1 Å². The first kappa shape index (κ1) is 23.8. The van der Waals surface area contributed by atoms with Gasteiger partial charge < -0.3 is 15.0 Å². The minimum absolute atomic E-state index is 0.00255. The summed E-state index contributed by atoms with van der Waals surface area (Å²) >= 11 is 0. The topological polar surface area (TPSA) is 131 Å². The molecule has 0 spiro atoms. The van der Waals surface area contributed by atoms with Gasteiger partial charge in [0, 0.05) is 38.8 Å². The molecule has 1 heterocycles. The summed E-state index contributed by atoms with van der Waals surface area (Å²) in [5, 5.41) is 15.6. The highest BCUT2D eigenvalue weighted by Crippen LogP contribution is 2.31. The molecule has 12 heteroatoms. The molecule has 1 fully saturated rings. The maximum Gasteiger partial charge on any atom is 0.410 e. The first-order chi connectivity index (χ1) is 14.2. The van der Waals surface area contributed by atoms with Crippen LogP contribution in [0.2, 0.25) is 0 Å². The molecular weight excluding hydrogens is 416 g/mol. The van der Waals surface area contributed by atoms with Crippen molar-refractivity contribution in [3.8, 4) is 0 Å². The normalized spacial score (nSPS) is 14.4. The summed E-state index contributed by atoms with van der Waals surface area (Å²) in [7, 11) is -3.90. The van der Waals surface area contributed by atoms with Gasteiger partial charge in [-0.25, -0.2) is 9.86 Å². The monoisotopic (exact) mass is 444 g/mol.